The molecule has 1 spiro atoms. The molecule has 29 heavy (non-hydrogen) atoms. The number of terminal acetylenes is 1. The predicted octanol–water partition coefficient (Wildman–Crippen LogP) is 2.57. The average molecular weight is 421 g/mol. The number of carbonyl (C=O) groups is 1. The fraction of sp³-hybridized carbons (Fsp3) is 0.810. The number of nitrogens with zero attached hydrogens (tertiary/aromatic N) is 3. The van der Waals surface area contributed by atoms with Gasteiger partial charge in [-0.05, 0) is 57.0 Å². The summed E-state index contributed by atoms with van der Waals surface area (Å²) in [6.07, 6.45) is 15.0. The number of urea groups is 1. The number of carbonyl (C=O) groups excluding carboxylic acids is 1. The monoisotopic (exact) mass is 420 g/mol. The third kappa shape index (κ3) is 6.45. The van der Waals surface area contributed by atoms with Gasteiger partial charge in [0.15, 0.2) is 5.17 Å². The van der Waals surface area contributed by atoms with E-state index >= 15 is 0 Å². The number of hydrazone groups is 1. The third-order valence-corrected chi connectivity index (χ3v) is 7.52. The van der Waals surface area contributed by atoms with Gasteiger partial charge in [-0.25, -0.2) is 10.2 Å². The molecule has 2 aliphatic heterocycles. The molecule has 3 fully saturated rings. The van der Waals surface area contributed by atoms with Crippen molar-refractivity contribution < 1.29 is 4.79 Å². The first-order valence-corrected chi connectivity index (χ1v) is 12.1. The summed E-state index contributed by atoms with van der Waals surface area (Å²) >= 11 is 1.53. The van der Waals surface area contributed by atoms with Crippen LogP contribution in [0.1, 0.15) is 58.3 Å². The average Bonchev–Trinajstić information content (AvgIpc) is 3.24. The van der Waals surface area contributed by atoms with Crippen molar-refractivity contribution in [2.75, 3.05) is 38.6 Å². The Morgan fingerprint density at radius 1 is 1.21 bits per heavy atom. The molecule has 1 aliphatic carbocycles. The lowest BCUT2D eigenvalue weighted by molar-refractivity contribution is 0.0439. The highest BCUT2D eigenvalue weighted by atomic mass is 32.2. The molecule has 0 radical (unpaired) electrons. The van der Waals surface area contributed by atoms with Crippen LogP contribution in [0.15, 0.2) is 5.10 Å². The van der Waals surface area contributed by atoms with Gasteiger partial charge >= 0.3 is 6.03 Å². The number of piperidine rings is 2. The summed E-state index contributed by atoms with van der Waals surface area (Å²) in [5.74, 6) is 0.481. The van der Waals surface area contributed by atoms with Crippen molar-refractivity contribution in [1.29, 1.82) is 0 Å². The minimum absolute atomic E-state index is 0.0897. The van der Waals surface area contributed by atoms with Crippen LogP contribution in [0.5, 0.6) is 0 Å². The molecule has 0 aromatic heterocycles. The van der Waals surface area contributed by atoms with Crippen molar-refractivity contribution >= 4 is 23.0 Å². The summed E-state index contributed by atoms with van der Waals surface area (Å²) in [5, 5.41) is 11.2. The number of hydrogen-bond acceptors (Lipinski definition) is 5. The molecule has 0 aromatic carbocycles. The zero-order valence-corrected chi connectivity index (χ0v) is 18.5. The van der Waals surface area contributed by atoms with Gasteiger partial charge < -0.3 is 20.4 Å². The molecular formula is C21H36N6OS. The summed E-state index contributed by atoms with van der Waals surface area (Å²) in [4.78, 5) is 17.0. The van der Waals surface area contributed by atoms with E-state index in [4.69, 9.17) is 6.42 Å². The maximum absolute atomic E-state index is 12.1. The molecule has 0 unspecified atom stereocenters. The van der Waals surface area contributed by atoms with Crippen molar-refractivity contribution in [1.82, 2.24) is 25.9 Å². The lowest BCUT2D eigenvalue weighted by atomic mass is 9.72. The predicted molar refractivity (Wildman–Crippen MR) is 120 cm³/mol. The van der Waals surface area contributed by atoms with E-state index in [-0.39, 0.29) is 6.03 Å². The summed E-state index contributed by atoms with van der Waals surface area (Å²) in [6, 6.07) is 2.61. The normalized spacial score (nSPS) is 23.0. The quantitative estimate of drug-likeness (QED) is 0.159. The maximum atomic E-state index is 12.1. The van der Waals surface area contributed by atoms with Gasteiger partial charge in [-0.2, -0.15) is 0 Å². The third-order valence-electron chi connectivity index (χ3n) is 6.62. The van der Waals surface area contributed by atoms with E-state index in [1.54, 1.807) is 0 Å². The molecular weight excluding hydrogens is 384 g/mol. The summed E-state index contributed by atoms with van der Waals surface area (Å²) < 4.78 is 0. The SMILES string of the molecule is C#CN/N=C(\SCNC(=O)NC1CCCC1)N1CCC2(CCCN(CC)C2)CC1. The minimum atomic E-state index is -0.0897. The Morgan fingerprint density at radius 2 is 1.97 bits per heavy atom. The van der Waals surface area contributed by atoms with Gasteiger partial charge in [-0.1, -0.05) is 38.0 Å². The van der Waals surface area contributed by atoms with Crippen molar-refractivity contribution in [2.45, 2.75) is 64.3 Å². The largest absolute Gasteiger partial charge is 0.350 e. The second kappa shape index (κ2) is 11.0. The van der Waals surface area contributed by atoms with E-state index in [0.717, 1.165) is 37.6 Å². The highest BCUT2D eigenvalue weighted by Gasteiger charge is 2.38. The molecule has 2 amide bonds. The molecule has 0 atom stereocenters. The van der Waals surface area contributed by atoms with Crippen LogP contribution < -0.4 is 16.1 Å². The molecule has 0 aromatic rings. The maximum Gasteiger partial charge on any atom is 0.315 e. The van der Waals surface area contributed by atoms with Gasteiger partial charge in [0.2, 0.25) is 0 Å². The molecule has 3 aliphatic rings. The van der Waals surface area contributed by atoms with Crippen molar-refractivity contribution in [3.05, 3.63) is 0 Å². The minimum Gasteiger partial charge on any atom is -0.350 e. The lowest BCUT2D eigenvalue weighted by Gasteiger charge is -2.48. The number of likely N-dealkylation sites (tertiary alicyclic amines) is 2. The summed E-state index contributed by atoms with van der Waals surface area (Å²) in [6.45, 7) is 7.85. The van der Waals surface area contributed by atoms with Gasteiger partial charge in [0.1, 0.15) is 0 Å². The number of thioether (sulfide) groups is 1. The topological polar surface area (TPSA) is 72.0 Å². The zero-order chi connectivity index (χ0) is 20.5. The Labute approximate surface area is 179 Å². The Balaban J connectivity index is 1.46. The molecule has 162 valence electrons. The van der Waals surface area contributed by atoms with Crippen LogP contribution in [0.2, 0.25) is 0 Å². The lowest BCUT2D eigenvalue weighted by Crippen LogP contribution is -2.50. The van der Waals surface area contributed by atoms with Crippen LogP contribution in [0, 0.1) is 17.9 Å². The second-order valence-electron chi connectivity index (χ2n) is 8.53. The Kier molecular flexibility index (Phi) is 8.37. The zero-order valence-electron chi connectivity index (χ0n) is 17.7. The number of hydrogen-bond donors (Lipinski definition) is 3. The molecule has 3 rings (SSSR count). The highest BCUT2D eigenvalue weighted by Crippen LogP contribution is 2.40. The summed E-state index contributed by atoms with van der Waals surface area (Å²) in [7, 11) is 0. The van der Waals surface area contributed by atoms with Crippen molar-refractivity contribution in [3.8, 4) is 12.5 Å². The Bertz CT molecular complexity index is 605. The Hall–Kier alpha value is -1.59. The molecule has 2 heterocycles. The highest BCUT2D eigenvalue weighted by molar-refractivity contribution is 8.13. The standard InChI is InChI=1S/C21H36N6OS/c1-3-23-25-20(29-17-22-19(28)24-18-8-5-6-9-18)27-14-11-21(12-15-27)10-7-13-26(4-2)16-21/h1,18,23H,4-17H2,2H3,(H2,22,24,28)/b25-20-. The van der Waals surface area contributed by atoms with E-state index in [1.165, 1.54) is 63.4 Å². The van der Waals surface area contributed by atoms with Crippen LogP contribution in [-0.2, 0) is 0 Å². The summed E-state index contributed by atoms with van der Waals surface area (Å²) in [5.41, 5.74) is 3.10. The fourth-order valence-corrected chi connectivity index (χ4v) is 5.72. The molecule has 1 saturated carbocycles. The first-order chi connectivity index (χ1) is 14.1. The molecule has 7 nitrogen and oxygen atoms in total. The van der Waals surface area contributed by atoms with Crippen LogP contribution >= 0.6 is 11.8 Å². The van der Waals surface area contributed by atoms with Crippen LogP contribution in [0.3, 0.4) is 0 Å². The number of amidine groups is 1. The van der Waals surface area contributed by atoms with Crippen LogP contribution in [-0.4, -0.2) is 65.6 Å². The van der Waals surface area contributed by atoms with Gasteiger partial charge in [-0.3, -0.25) is 0 Å². The van der Waals surface area contributed by atoms with Gasteiger partial charge in [0.05, 0.1) is 5.88 Å². The van der Waals surface area contributed by atoms with E-state index in [1.807, 2.05) is 0 Å². The second-order valence-corrected chi connectivity index (χ2v) is 9.47. The smallest absolute Gasteiger partial charge is 0.315 e. The number of amides is 2. The molecule has 3 N–H and O–H groups in total. The molecule has 8 heteroatoms. The first-order valence-electron chi connectivity index (χ1n) is 11.1. The van der Waals surface area contributed by atoms with E-state index in [9.17, 15) is 4.79 Å². The van der Waals surface area contributed by atoms with E-state index in [0.29, 0.717) is 17.3 Å². The molecule has 2 saturated heterocycles. The van der Waals surface area contributed by atoms with Crippen molar-refractivity contribution in [3.63, 3.8) is 0 Å². The molecule has 0 bridgehead atoms. The fourth-order valence-electron chi connectivity index (χ4n) is 4.91. The number of rotatable bonds is 5. The van der Waals surface area contributed by atoms with Gasteiger partial charge in [0, 0.05) is 31.7 Å². The van der Waals surface area contributed by atoms with Crippen molar-refractivity contribution in [2.24, 2.45) is 10.5 Å². The first kappa shape index (κ1) is 22.1. The van der Waals surface area contributed by atoms with E-state index in [2.05, 4.69) is 43.9 Å². The van der Waals surface area contributed by atoms with Crippen LogP contribution in [0.25, 0.3) is 0 Å². The Morgan fingerprint density at radius 3 is 2.66 bits per heavy atom. The number of nitrogens with one attached hydrogen (secondary N) is 3. The van der Waals surface area contributed by atoms with Gasteiger partial charge in [0.25, 0.3) is 0 Å². The van der Waals surface area contributed by atoms with Crippen LogP contribution in [0.4, 0.5) is 4.79 Å². The van der Waals surface area contributed by atoms with Gasteiger partial charge in [-0.15, -0.1) is 5.10 Å². The van der Waals surface area contributed by atoms with E-state index < -0.39 is 0 Å².